The molecule has 3 aliphatic heterocycles. The van der Waals surface area contributed by atoms with Gasteiger partial charge in [-0.25, -0.2) is 4.58 Å². The molecule has 0 spiro atoms. The number of allylic oxidation sites excluding steroid dienone is 1. The highest BCUT2D eigenvalue weighted by Gasteiger charge is 2.35. The Hall–Kier alpha value is -1.49. The van der Waals surface area contributed by atoms with Crippen LogP contribution in [0.5, 0.6) is 11.5 Å². The summed E-state index contributed by atoms with van der Waals surface area (Å²) >= 11 is 0. The third kappa shape index (κ3) is 3.86. The van der Waals surface area contributed by atoms with E-state index in [1.807, 2.05) is 6.07 Å². The van der Waals surface area contributed by atoms with Crippen molar-refractivity contribution >= 4 is 6.21 Å². The number of piperidine rings is 1. The van der Waals surface area contributed by atoms with Crippen LogP contribution in [0.4, 0.5) is 0 Å². The molecule has 4 rings (SSSR count). The maximum atomic E-state index is 5.51. The van der Waals surface area contributed by atoms with Crippen molar-refractivity contribution in [3.05, 3.63) is 35.5 Å². The lowest BCUT2D eigenvalue weighted by atomic mass is 9.92. The normalized spacial score (nSPS) is 21.3. The van der Waals surface area contributed by atoms with E-state index in [0.29, 0.717) is 6.79 Å². The average molecular weight is 407 g/mol. The van der Waals surface area contributed by atoms with Gasteiger partial charge in [0.25, 0.3) is 0 Å². The first kappa shape index (κ1) is 18.3. The lowest BCUT2D eigenvalue weighted by molar-refractivity contribution is -0.612. The Morgan fingerprint density at radius 3 is 2.60 bits per heavy atom. The molecule has 1 fully saturated rings. The molecule has 3 aliphatic rings. The topological polar surface area (TPSA) is 24.7 Å². The van der Waals surface area contributed by atoms with Crippen molar-refractivity contribution in [2.45, 2.75) is 51.6 Å². The molecule has 0 aliphatic carbocycles. The molecule has 3 heterocycles. The third-order valence-corrected chi connectivity index (χ3v) is 5.39. The minimum atomic E-state index is 0. The van der Waals surface area contributed by atoms with Gasteiger partial charge in [-0.1, -0.05) is 0 Å². The molecule has 1 aromatic carbocycles. The van der Waals surface area contributed by atoms with Crippen LogP contribution in [-0.4, -0.2) is 41.1 Å². The van der Waals surface area contributed by atoms with E-state index < -0.39 is 0 Å². The zero-order chi connectivity index (χ0) is 16.6. The van der Waals surface area contributed by atoms with Gasteiger partial charge in [-0.05, 0) is 37.5 Å². The van der Waals surface area contributed by atoms with Crippen molar-refractivity contribution in [1.82, 2.24) is 4.90 Å². The Balaban J connectivity index is 0.00000182. The van der Waals surface area contributed by atoms with Gasteiger partial charge in [0, 0.05) is 44.3 Å². The Bertz CT molecular complexity index is 691. The maximum absolute atomic E-state index is 5.51. The number of benzene rings is 1. The van der Waals surface area contributed by atoms with E-state index in [-0.39, 0.29) is 22.5 Å². The van der Waals surface area contributed by atoms with Gasteiger partial charge in [-0.2, -0.15) is 0 Å². The largest absolute Gasteiger partial charge is 1.00 e. The molecule has 0 amide bonds. The molecule has 1 saturated heterocycles. The Morgan fingerprint density at radius 2 is 1.84 bits per heavy atom. The van der Waals surface area contributed by atoms with Crippen molar-refractivity contribution in [1.29, 1.82) is 0 Å². The van der Waals surface area contributed by atoms with Crippen molar-refractivity contribution in [2.75, 3.05) is 19.9 Å². The molecule has 0 radical (unpaired) electrons. The van der Waals surface area contributed by atoms with E-state index in [2.05, 4.69) is 47.7 Å². The summed E-state index contributed by atoms with van der Waals surface area (Å²) in [5.41, 5.74) is 2.89. The third-order valence-electron chi connectivity index (χ3n) is 5.39. The zero-order valence-corrected chi connectivity index (χ0v) is 16.7. The van der Waals surface area contributed by atoms with E-state index in [0.717, 1.165) is 24.5 Å². The van der Waals surface area contributed by atoms with Gasteiger partial charge in [0.05, 0.1) is 6.42 Å². The fourth-order valence-corrected chi connectivity index (χ4v) is 3.88. The van der Waals surface area contributed by atoms with E-state index in [4.69, 9.17) is 9.47 Å². The predicted octanol–water partition coefficient (Wildman–Crippen LogP) is 0.555. The number of hydrogen-bond acceptors (Lipinski definition) is 3. The van der Waals surface area contributed by atoms with Crippen molar-refractivity contribution in [2.24, 2.45) is 0 Å². The molecule has 0 unspecified atom stereocenters. The van der Waals surface area contributed by atoms with Crippen LogP contribution in [0.15, 0.2) is 30.0 Å². The second-order valence-electron chi connectivity index (χ2n) is 7.66. The summed E-state index contributed by atoms with van der Waals surface area (Å²) < 4.78 is 13.4. The SMILES string of the molecule is CC1(C)CC(N2CCCCC2)=CC=[N+]1Cc1ccc2c(c1)OCO2.[Br-]. The summed E-state index contributed by atoms with van der Waals surface area (Å²) in [5, 5.41) is 0. The summed E-state index contributed by atoms with van der Waals surface area (Å²) in [6.45, 7) is 8.35. The summed E-state index contributed by atoms with van der Waals surface area (Å²) in [6.07, 6.45) is 9.75. The fourth-order valence-electron chi connectivity index (χ4n) is 3.88. The Morgan fingerprint density at radius 1 is 1.08 bits per heavy atom. The van der Waals surface area contributed by atoms with Crippen LogP contribution < -0.4 is 26.5 Å². The molecule has 25 heavy (non-hydrogen) atoms. The standard InChI is InChI=1S/C20H27N2O2.BrH/c1-20(2)13-17(21-9-4-3-5-10-21)8-11-22(20)14-16-6-7-18-19(12-16)24-15-23-18;/h6-8,11-12H,3-5,9-10,13-15H2,1-2H3;1H/q+1;/p-1. The molecule has 136 valence electrons. The first-order chi connectivity index (χ1) is 11.6. The molecule has 1 aromatic rings. The van der Waals surface area contributed by atoms with E-state index in [1.165, 1.54) is 43.6 Å². The van der Waals surface area contributed by atoms with Crippen LogP contribution in [0, 0.1) is 0 Å². The van der Waals surface area contributed by atoms with Gasteiger partial charge < -0.3 is 31.4 Å². The molecule has 0 saturated carbocycles. The van der Waals surface area contributed by atoms with Crippen molar-refractivity contribution in [3.63, 3.8) is 0 Å². The molecular weight excluding hydrogens is 380 g/mol. The first-order valence-electron chi connectivity index (χ1n) is 9.06. The number of hydrogen-bond donors (Lipinski definition) is 0. The lowest BCUT2D eigenvalue weighted by Gasteiger charge is -2.36. The van der Waals surface area contributed by atoms with Gasteiger partial charge in [0.1, 0.15) is 0 Å². The highest BCUT2D eigenvalue weighted by Crippen LogP contribution is 2.34. The van der Waals surface area contributed by atoms with Crippen LogP contribution in [0.25, 0.3) is 0 Å². The van der Waals surface area contributed by atoms with Gasteiger partial charge in [-0.15, -0.1) is 0 Å². The summed E-state index contributed by atoms with van der Waals surface area (Å²) in [5.74, 6) is 1.72. The Labute approximate surface area is 160 Å². The van der Waals surface area contributed by atoms with Crippen molar-refractivity contribution in [3.8, 4) is 11.5 Å². The molecule has 4 nitrogen and oxygen atoms in total. The van der Waals surface area contributed by atoms with Gasteiger partial charge in [-0.3, -0.25) is 0 Å². The zero-order valence-electron chi connectivity index (χ0n) is 15.1. The predicted molar refractivity (Wildman–Crippen MR) is 94.8 cm³/mol. The molecule has 0 N–H and O–H groups in total. The van der Waals surface area contributed by atoms with Gasteiger partial charge >= 0.3 is 0 Å². The number of likely N-dealkylation sites (tertiary alicyclic amines) is 1. The van der Waals surface area contributed by atoms with Gasteiger partial charge in [0.2, 0.25) is 6.79 Å². The summed E-state index contributed by atoms with van der Waals surface area (Å²) in [4.78, 5) is 2.58. The minimum Gasteiger partial charge on any atom is -1.00 e. The molecule has 0 atom stereocenters. The molecule has 0 aromatic heterocycles. The maximum Gasteiger partial charge on any atom is 0.231 e. The van der Waals surface area contributed by atoms with Crippen molar-refractivity contribution < 1.29 is 31.0 Å². The number of halogens is 1. The summed E-state index contributed by atoms with van der Waals surface area (Å²) in [6, 6.07) is 6.26. The van der Waals surface area contributed by atoms with E-state index in [1.54, 1.807) is 0 Å². The number of nitrogens with zero attached hydrogens (tertiary/aromatic N) is 2. The van der Waals surface area contributed by atoms with Crippen LogP contribution in [-0.2, 0) is 6.54 Å². The number of fused-ring (bicyclic) bond motifs is 1. The quantitative estimate of drug-likeness (QED) is 0.685. The average Bonchev–Trinajstić information content (AvgIpc) is 3.05. The van der Waals surface area contributed by atoms with Gasteiger partial charge in [0.15, 0.2) is 29.8 Å². The van der Waals surface area contributed by atoms with Crippen LogP contribution in [0.2, 0.25) is 0 Å². The number of rotatable bonds is 3. The molecular formula is C20H27BrN2O2. The van der Waals surface area contributed by atoms with Crippen LogP contribution in [0.1, 0.15) is 45.1 Å². The van der Waals surface area contributed by atoms with E-state index >= 15 is 0 Å². The summed E-state index contributed by atoms with van der Waals surface area (Å²) in [7, 11) is 0. The molecule has 0 bridgehead atoms. The highest BCUT2D eigenvalue weighted by atomic mass is 79.9. The van der Waals surface area contributed by atoms with E-state index in [9.17, 15) is 0 Å². The number of ether oxygens (including phenoxy) is 2. The van der Waals surface area contributed by atoms with Crippen LogP contribution >= 0.6 is 0 Å². The monoisotopic (exact) mass is 406 g/mol. The lowest BCUT2D eigenvalue weighted by Crippen LogP contribution is -3.00. The second kappa shape index (κ2) is 7.40. The smallest absolute Gasteiger partial charge is 0.231 e. The second-order valence-corrected chi connectivity index (χ2v) is 7.66. The molecule has 5 heteroatoms. The first-order valence-corrected chi connectivity index (χ1v) is 9.06. The minimum absolute atomic E-state index is 0. The Kier molecular flexibility index (Phi) is 5.42. The fraction of sp³-hybridized carbons (Fsp3) is 0.550. The van der Waals surface area contributed by atoms with Crippen LogP contribution in [0.3, 0.4) is 0 Å². The highest BCUT2D eigenvalue weighted by molar-refractivity contribution is 5.68.